The first kappa shape index (κ1) is 34.4. The van der Waals surface area contributed by atoms with Crippen LogP contribution in [-0.2, 0) is 5.41 Å². The zero-order valence-electron chi connectivity index (χ0n) is 31.0. The van der Waals surface area contributed by atoms with Gasteiger partial charge in [0.15, 0.2) is 17.5 Å². The van der Waals surface area contributed by atoms with E-state index < -0.39 is 5.41 Å². The predicted molar refractivity (Wildman–Crippen MR) is 230 cm³/mol. The van der Waals surface area contributed by atoms with Crippen molar-refractivity contribution in [2.24, 2.45) is 0 Å². The topological polar surface area (TPSA) is 38.7 Å². The largest absolute Gasteiger partial charge is 0.208 e. The summed E-state index contributed by atoms with van der Waals surface area (Å²) in [7, 11) is 0. The standard InChI is InChI=1S/C53H37N3/c1-3-5-20-37(4-2)50-54-51(39-23-12-7-13-24-39)56-52(55-50)43-34-41(38-21-10-6-11-22-38)33-42(35-43)40-31-32-47-46-29-18-19-30-48(46)53(49(47)36-40,44-25-14-8-15-26-44)45-27-16-9-17-28-45/h1,4-36H,2H3/b20-5-,37-4+. The Labute approximate surface area is 328 Å². The molecule has 0 bridgehead atoms. The van der Waals surface area contributed by atoms with Gasteiger partial charge in [0.1, 0.15) is 0 Å². The normalized spacial score (nSPS) is 12.9. The minimum Gasteiger partial charge on any atom is -0.208 e. The van der Waals surface area contributed by atoms with Crippen molar-refractivity contribution in [2.75, 3.05) is 0 Å². The lowest BCUT2D eigenvalue weighted by atomic mass is 9.67. The maximum atomic E-state index is 5.62. The minimum atomic E-state index is -0.507. The summed E-state index contributed by atoms with van der Waals surface area (Å²) in [5.41, 5.74) is 14.0. The zero-order chi connectivity index (χ0) is 37.9. The molecule has 3 nitrogen and oxygen atoms in total. The molecule has 3 heteroatoms. The molecule has 9 rings (SSSR count). The van der Waals surface area contributed by atoms with Gasteiger partial charge in [0.2, 0.25) is 0 Å². The summed E-state index contributed by atoms with van der Waals surface area (Å²) in [4.78, 5) is 15.2. The third-order valence-electron chi connectivity index (χ3n) is 10.7. The smallest absolute Gasteiger partial charge is 0.164 e. The Morgan fingerprint density at radius 3 is 1.62 bits per heavy atom. The molecule has 8 aromatic rings. The molecule has 0 N–H and O–H groups in total. The second-order valence-corrected chi connectivity index (χ2v) is 13.9. The average Bonchev–Trinajstić information content (AvgIpc) is 3.58. The summed E-state index contributed by atoms with van der Waals surface area (Å²) in [5.74, 6) is 4.33. The summed E-state index contributed by atoms with van der Waals surface area (Å²) in [5, 5.41) is 0. The molecular formula is C53H37N3. The minimum absolute atomic E-state index is 0.507. The highest BCUT2D eigenvalue weighted by Crippen LogP contribution is 2.56. The first-order valence-electron chi connectivity index (χ1n) is 18.8. The molecule has 1 aromatic heterocycles. The molecule has 1 heterocycles. The van der Waals surface area contributed by atoms with Crippen molar-refractivity contribution in [1.82, 2.24) is 15.0 Å². The van der Waals surface area contributed by atoms with Gasteiger partial charge in [-0.25, -0.2) is 15.0 Å². The third kappa shape index (κ3) is 6.04. The van der Waals surface area contributed by atoms with E-state index in [0.29, 0.717) is 17.5 Å². The molecular weight excluding hydrogens is 679 g/mol. The van der Waals surface area contributed by atoms with Crippen molar-refractivity contribution in [3.8, 4) is 68.5 Å². The van der Waals surface area contributed by atoms with Crippen molar-refractivity contribution in [2.45, 2.75) is 12.3 Å². The van der Waals surface area contributed by atoms with Crippen LogP contribution in [-0.4, -0.2) is 15.0 Å². The lowest BCUT2D eigenvalue weighted by molar-refractivity contribution is 0.769. The second kappa shape index (κ2) is 14.8. The highest BCUT2D eigenvalue weighted by Gasteiger charge is 2.46. The van der Waals surface area contributed by atoms with E-state index in [1.807, 2.05) is 55.5 Å². The Morgan fingerprint density at radius 1 is 0.482 bits per heavy atom. The molecule has 0 amide bonds. The predicted octanol–water partition coefficient (Wildman–Crippen LogP) is 12.5. The molecule has 0 unspecified atom stereocenters. The quantitative estimate of drug-likeness (QED) is 0.116. The van der Waals surface area contributed by atoms with E-state index in [9.17, 15) is 0 Å². The molecule has 1 aliphatic rings. The molecule has 0 fully saturated rings. The highest BCUT2D eigenvalue weighted by molar-refractivity contribution is 5.89. The third-order valence-corrected chi connectivity index (χ3v) is 10.7. The maximum absolute atomic E-state index is 5.62. The molecule has 0 saturated carbocycles. The Hall–Kier alpha value is -7.41. The number of fused-ring (bicyclic) bond motifs is 3. The van der Waals surface area contributed by atoms with Crippen LogP contribution in [0.25, 0.3) is 61.7 Å². The van der Waals surface area contributed by atoms with Crippen LogP contribution >= 0.6 is 0 Å². The lowest BCUT2D eigenvalue weighted by Crippen LogP contribution is -2.28. The Kier molecular flexibility index (Phi) is 9.07. The fourth-order valence-corrected chi connectivity index (χ4v) is 8.13. The fraction of sp³-hybridized carbons (Fsp3) is 0.0377. The summed E-state index contributed by atoms with van der Waals surface area (Å²) >= 11 is 0. The highest BCUT2D eigenvalue weighted by atomic mass is 15.0. The number of nitrogens with zero attached hydrogens (tertiary/aromatic N) is 3. The van der Waals surface area contributed by atoms with Crippen molar-refractivity contribution in [1.29, 1.82) is 0 Å². The van der Waals surface area contributed by atoms with Crippen LogP contribution in [0.5, 0.6) is 0 Å². The van der Waals surface area contributed by atoms with Crippen LogP contribution < -0.4 is 0 Å². The van der Waals surface area contributed by atoms with E-state index in [1.54, 1.807) is 6.08 Å². The molecule has 0 spiro atoms. The summed E-state index contributed by atoms with van der Waals surface area (Å²) in [6.07, 6.45) is 11.1. The Balaban J connectivity index is 1.29. The number of hydrogen-bond acceptors (Lipinski definition) is 3. The summed E-state index contributed by atoms with van der Waals surface area (Å²) in [6.45, 7) is 1.97. The number of terminal acetylenes is 1. The monoisotopic (exact) mass is 715 g/mol. The number of benzene rings is 7. The average molecular weight is 716 g/mol. The summed E-state index contributed by atoms with van der Waals surface area (Å²) < 4.78 is 0. The van der Waals surface area contributed by atoms with Crippen LogP contribution in [0.4, 0.5) is 0 Å². The van der Waals surface area contributed by atoms with E-state index in [4.69, 9.17) is 21.4 Å². The van der Waals surface area contributed by atoms with Crippen LogP contribution in [0, 0.1) is 12.3 Å². The van der Waals surface area contributed by atoms with Gasteiger partial charge < -0.3 is 0 Å². The lowest BCUT2D eigenvalue weighted by Gasteiger charge is -2.34. The van der Waals surface area contributed by atoms with Gasteiger partial charge in [0.25, 0.3) is 0 Å². The molecule has 7 aromatic carbocycles. The number of hydrogen-bond donors (Lipinski definition) is 0. The van der Waals surface area contributed by atoms with Crippen LogP contribution in [0.1, 0.15) is 35.0 Å². The molecule has 56 heavy (non-hydrogen) atoms. The van der Waals surface area contributed by atoms with Crippen molar-refractivity contribution in [3.05, 3.63) is 228 Å². The number of allylic oxidation sites excluding steroid dienone is 4. The molecule has 0 saturated heterocycles. The van der Waals surface area contributed by atoms with Crippen molar-refractivity contribution in [3.63, 3.8) is 0 Å². The second-order valence-electron chi connectivity index (χ2n) is 13.9. The van der Waals surface area contributed by atoms with Gasteiger partial charge in [-0.15, -0.1) is 6.42 Å². The van der Waals surface area contributed by atoms with E-state index >= 15 is 0 Å². The fourth-order valence-electron chi connectivity index (χ4n) is 8.13. The Morgan fingerprint density at radius 2 is 1.00 bits per heavy atom. The molecule has 1 aliphatic carbocycles. The number of aromatic nitrogens is 3. The van der Waals surface area contributed by atoms with Gasteiger partial charge in [-0.05, 0) is 99.0 Å². The summed E-state index contributed by atoms with van der Waals surface area (Å²) in [6, 6.07) is 64.9. The zero-order valence-corrected chi connectivity index (χ0v) is 31.0. The first-order valence-corrected chi connectivity index (χ1v) is 18.8. The SMILES string of the molecule is C#C/C=C\C(=C/C)c1nc(-c2ccccc2)nc(-c2cc(-c3ccccc3)cc(-c3ccc4c(c3)C(c3ccccc3)(c3ccccc3)c3ccccc3-4)c2)n1. The van der Waals surface area contributed by atoms with Gasteiger partial charge >= 0.3 is 0 Å². The van der Waals surface area contributed by atoms with Crippen molar-refractivity contribution >= 4 is 5.57 Å². The molecule has 0 radical (unpaired) electrons. The van der Waals surface area contributed by atoms with Crippen LogP contribution in [0.2, 0.25) is 0 Å². The van der Waals surface area contributed by atoms with Gasteiger partial charge in [-0.1, -0.05) is 170 Å². The molecule has 264 valence electrons. The van der Waals surface area contributed by atoms with Gasteiger partial charge in [0.05, 0.1) is 5.41 Å². The van der Waals surface area contributed by atoms with Crippen molar-refractivity contribution < 1.29 is 0 Å². The van der Waals surface area contributed by atoms with Crippen LogP contribution in [0.15, 0.2) is 200 Å². The number of rotatable bonds is 8. The van der Waals surface area contributed by atoms with Gasteiger partial charge in [0, 0.05) is 16.7 Å². The maximum Gasteiger partial charge on any atom is 0.164 e. The van der Waals surface area contributed by atoms with E-state index in [1.165, 1.54) is 33.4 Å². The van der Waals surface area contributed by atoms with E-state index in [2.05, 4.69) is 152 Å². The van der Waals surface area contributed by atoms with Gasteiger partial charge in [-0.2, -0.15) is 0 Å². The van der Waals surface area contributed by atoms with Crippen LogP contribution in [0.3, 0.4) is 0 Å². The first-order chi connectivity index (χ1) is 27.7. The van der Waals surface area contributed by atoms with Gasteiger partial charge in [-0.3, -0.25) is 0 Å². The molecule has 0 aliphatic heterocycles. The molecule has 0 atom stereocenters. The Bertz CT molecular complexity index is 2760. The van der Waals surface area contributed by atoms with E-state index in [-0.39, 0.29) is 0 Å². The van der Waals surface area contributed by atoms with E-state index in [0.717, 1.165) is 39.0 Å².